The highest BCUT2D eigenvalue weighted by Crippen LogP contribution is 2.31. The largest absolute Gasteiger partial charge is 0.386 e. The number of halogens is 2. The minimum absolute atomic E-state index is 0.0913. The number of aliphatic hydroxyl groups is 1. The van der Waals surface area contributed by atoms with Crippen LogP contribution in [0.25, 0.3) is 0 Å². The van der Waals surface area contributed by atoms with Crippen molar-refractivity contribution in [3.05, 3.63) is 33.8 Å². The third-order valence-electron chi connectivity index (χ3n) is 3.96. The van der Waals surface area contributed by atoms with Crippen LogP contribution in [0.15, 0.2) is 18.2 Å². The van der Waals surface area contributed by atoms with E-state index in [9.17, 15) is 14.7 Å². The highest BCUT2D eigenvalue weighted by molar-refractivity contribution is 6.35. The zero-order valence-electron chi connectivity index (χ0n) is 11.1. The molecule has 1 aromatic carbocycles. The average molecular weight is 329 g/mol. The van der Waals surface area contributed by atoms with Crippen LogP contribution in [0, 0.1) is 0 Å². The van der Waals surface area contributed by atoms with Gasteiger partial charge in [0.15, 0.2) is 0 Å². The van der Waals surface area contributed by atoms with Crippen molar-refractivity contribution in [2.75, 3.05) is 13.1 Å². The summed E-state index contributed by atoms with van der Waals surface area (Å²) in [7, 11) is 0. The first-order chi connectivity index (χ1) is 9.99. The van der Waals surface area contributed by atoms with Crippen molar-refractivity contribution in [1.29, 1.82) is 0 Å². The predicted molar refractivity (Wildman–Crippen MR) is 78.3 cm³/mol. The Balaban J connectivity index is 1.77. The van der Waals surface area contributed by atoms with Gasteiger partial charge < -0.3 is 10.0 Å². The van der Waals surface area contributed by atoms with E-state index in [2.05, 4.69) is 0 Å². The Kier molecular flexibility index (Phi) is 3.82. The lowest BCUT2D eigenvalue weighted by atomic mass is 10.1. The van der Waals surface area contributed by atoms with Gasteiger partial charge in [-0.1, -0.05) is 29.3 Å². The fraction of sp³-hybridized carbons (Fsp3) is 0.429. The summed E-state index contributed by atoms with van der Waals surface area (Å²) < 4.78 is 0. The van der Waals surface area contributed by atoms with Crippen molar-refractivity contribution in [3.8, 4) is 0 Å². The number of nitrogens with zero attached hydrogens (tertiary/aromatic N) is 2. The number of aliphatic hydroxyl groups excluding tert-OH is 1. The number of rotatable bonds is 3. The highest BCUT2D eigenvalue weighted by Gasteiger charge is 2.47. The third-order valence-corrected chi connectivity index (χ3v) is 4.52. The first-order valence-corrected chi connectivity index (χ1v) is 7.49. The molecule has 2 unspecified atom stereocenters. The van der Waals surface area contributed by atoms with E-state index in [4.69, 9.17) is 23.2 Å². The zero-order valence-corrected chi connectivity index (χ0v) is 12.6. The molecule has 0 saturated carbocycles. The predicted octanol–water partition coefficient (Wildman–Crippen LogP) is 2.45. The first kappa shape index (κ1) is 14.6. The van der Waals surface area contributed by atoms with Crippen molar-refractivity contribution in [3.63, 3.8) is 0 Å². The molecule has 3 rings (SSSR count). The molecular formula is C14H14Cl2N2O3. The molecule has 0 aromatic heterocycles. The molecular weight excluding hydrogens is 315 g/mol. The third kappa shape index (κ3) is 2.50. The highest BCUT2D eigenvalue weighted by atomic mass is 35.5. The standard InChI is InChI=1S/C14H14Cl2N2O3/c15-8-3-4-9(10(16)6-8)12(19)7-18-13(20)11-2-1-5-17(11)14(18)21/h3-4,6,11-12,19H,1-2,5,7H2. The number of carbonyl (C=O) groups is 2. The summed E-state index contributed by atoms with van der Waals surface area (Å²) in [6.07, 6.45) is 0.517. The van der Waals surface area contributed by atoms with Crippen LogP contribution in [0.5, 0.6) is 0 Å². The van der Waals surface area contributed by atoms with Crippen molar-refractivity contribution in [2.45, 2.75) is 25.0 Å². The van der Waals surface area contributed by atoms with Gasteiger partial charge in [0.05, 0.1) is 12.6 Å². The van der Waals surface area contributed by atoms with Crippen LogP contribution < -0.4 is 0 Å². The number of imide groups is 1. The van der Waals surface area contributed by atoms with E-state index >= 15 is 0 Å². The van der Waals surface area contributed by atoms with Gasteiger partial charge in [-0.3, -0.25) is 9.69 Å². The van der Waals surface area contributed by atoms with Gasteiger partial charge in [-0.25, -0.2) is 4.79 Å². The number of amides is 3. The normalized spacial score (nSPS) is 22.9. The minimum Gasteiger partial charge on any atom is -0.386 e. The van der Waals surface area contributed by atoms with Crippen LogP contribution in [0.1, 0.15) is 24.5 Å². The lowest BCUT2D eigenvalue weighted by molar-refractivity contribution is -0.128. The summed E-state index contributed by atoms with van der Waals surface area (Å²) in [4.78, 5) is 27.0. The molecule has 0 radical (unpaired) electrons. The van der Waals surface area contributed by atoms with Gasteiger partial charge in [0, 0.05) is 22.2 Å². The maximum atomic E-state index is 12.2. The molecule has 0 bridgehead atoms. The van der Waals surface area contributed by atoms with E-state index in [1.54, 1.807) is 17.0 Å². The second-order valence-electron chi connectivity index (χ2n) is 5.26. The number of urea groups is 1. The molecule has 1 aromatic rings. The van der Waals surface area contributed by atoms with E-state index in [1.165, 1.54) is 6.07 Å². The molecule has 0 aliphatic carbocycles. The van der Waals surface area contributed by atoms with Crippen LogP contribution in [0.2, 0.25) is 10.0 Å². The number of hydrogen-bond acceptors (Lipinski definition) is 3. The number of fused-ring (bicyclic) bond motifs is 1. The maximum absolute atomic E-state index is 12.2. The molecule has 2 heterocycles. The smallest absolute Gasteiger partial charge is 0.327 e. The number of benzene rings is 1. The maximum Gasteiger partial charge on any atom is 0.327 e. The van der Waals surface area contributed by atoms with E-state index in [0.717, 1.165) is 11.3 Å². The molecule has 2 atom stereocenters. The SMILES string of the molecule is O=C1C2CCCN2C(=O)N1CC(O)c1ccc(Cl)cc1Cl. The van der Waals surface area contributed by atoms with E-state index in [1.807, 2.05) is 0 Å². The van der Waals surface area contributed by atoms with Gasteiger partial charge in [0.25, 0.3) is 5.91 Å². The molecule has 3 amide bonds. The summed E-state index contributed by atoms with van der Waals surface area (Å²) in [5.41, 5.74) is 0.453. The van der Waals surface area contributed by atoms with Gasteiger partial charge in [-0.15, -0.1) is 0 Å². The molecule has 7 heteroatoms. The molecule has 112 valence electrons. The first-order valence-electron chi connectivity index (χ1n) is 6.74. The Labute approximate surface area is 132 Å². The molecule has 21 heavy (non-hydrogen) atoms. The van der Waals surface area contributed by atoms with Crippen LogP contribution in [0.4, 0.5) is 4.79 Å². The Bertz CT molecular complexity index is 586. The van der Waals surface area contributed by atoms with Gasteiger partial charge in [-0.05, 0) is 25.0 Å². The minimum atomic E-state index is -1.03. The van der Waals surface area contributed by atoms with Crippen LogP contribution in [-0.2, 0) is 4.79 Å². The Hall–Kier alpha value is -1.30. The number of hydrogen-bond donors (Lipinski definition) is 1. The Morgan fingerprint density at radius 3 is 2.76 bits per heavy atom. The van der Waals surface area contributed by atoms with Gasteiger partial charge in [-0.2, -0.15) is 0 Å². The average Bonchev–Trinajstić information content (AvgIpc) is 2.99. The quantitative estimate of drug-likeness (QED) is 0.867. The number of carbonyl (C=O) groups excluding carboxylic acids is 2. The van der Waals surface area contributed by atoms with Crippen LogP contribution >= 0.6 is 23.2 Å². The fourth-order valence-electron chi connectivity index (χ4n) is 2.89. The van der Waals surface area contributed by atoms with Gasteiger partial charge >= 0.3 is 6.03 Å². The van der Waals surface area contributed by atoms with Crippen molar-refractivity contribution >= 4 is 35.1 Å². The van der Waals surface area contributed by atoms with Crippen molar-refractivity contribution < 1.29 is 14.7 Å². The summed E-state index contributed by atoms with van der Waals surface area (Å²) in [5, 5.41) is 11.0. The van der Waals surface area contributed by atoms with E-state index < -0.39 is 6.10 Å². The topological polar surface area (TPSA) is 60.9 Å². The molecule has 0 spiro atoms. The Morgan fingerprint density at radius 2 is 2.10 bits per heavy atom. The van der Waals surface area contributed by atoms with E-state index in [0.29, 0.717) is 28.6 Å². The lowest BCUT2D eigenvalue weighted by Crippen LogP contribution is -2.36. The molecule has 2 fully saturated rings. The summed E-state index contributed by atoms with van der Waals surface area (Å²) in [6.45, 7) is 0.509. The molecule has 2 saturated heterocycles. The van der Waals surface area contributed by atoms with Gasteiger partial charge in [0.2, 0.25) is 0 Å². The fourth-order valence-corrected chi connectivity index (χ4v) is 3.43. The lowest BCUT2D eigenvalue weighted by Gasteiger charge is -2.20. The molecule has 1 N–H and O–H groups in total. The summed E-state index contributed by atoms with van der Waals surface area (Å²) in [6, 6.07) is 4.05. The van der Waals surface area contributed by atoms with Gasteiger partial charge in [0.1, 0.15) is 6.04 Å². The molecule has 2 aliphatic heterocycles. The summed E-state index contributed by atoms with van der Waals surface area (Å²) >= 11 is 11.8. The van der Waals surface area contributed by atoms with Crippen molar-refractivity contribution in [2.24, 2.45) is 0 Å². The van der Waals surface area contributed by atoms with Crippen molar-refractivity contribution in [1.82, 2.24) is 9.80 Å². The summed E-state index contributed by atoms with van der Waals surface area (Å²) in [5.74, 6) is -0.235. The molecule has 5 nitrogen and oxygen atoms in total. The molecule has 2 aliphatic rings. The van der Waals surface area contributed by atoms with Crippen LogP contribution in [0.3, 0.4) is 0 Å². The van der Waals surface area contributed by atoms with E-state index in [-0.39, 0.29) is 24.5 Å². The Morgan fingerprint density at radius 1 is 1.33 bits per heavy atom. The second-order valence-corrected chi connectivity index (χ2v) is 6.11. The monoisotopic (exact) mass is 328 g/mol. The second kappa shape index (κ2) is 5.48. The van der Waals surface area contributed by atoms with Crippen LogP contribution in [-0.4, -0.2) is 46.0 Å². The number of β-amino-alcohol motifs (C(OH)–C–C–N with tert-alkyl or cyclic N) is 1. The zero-order chi connectivity index (χ0) is 15.1.